The second-order valence-electron chi connectivity index (χ2n) is 7.85. The molecular formula is C18H26IO8P. The van der Waals surface area contributed by atoms with Crippen LogP contribution in [0.15, 0.2) is 24.3 Å². The van der Waals surface area contributed by atoms with E-state index in [0.29, 0.717) is 0 Å². The molecule has 0 fully saturated rings. The van der Waals surface area contributed by atoms with E-state index >= 15 is 0 Å². The molecule has 0 aliphatic heterocycles. The van der Waals surface area contributed by atoms with Gasteiger partial charge in [0.15, 0.2) is 0 Å². The Morgan fingerprint density at radius 1 is 0.857 bits per heavy atom. The molecule has 10 heteroatoms. The fraction of sp³-hybridized carbons (Fsp3) is 0.556. The van der Waals surface area contributed by atoms with E-state index in [2.05, 4.69) is 22.6 Å². The lowest BCUT2D eigenvalue weighted by atomic mass is 9.98. The maximum absolute atomic E-state index is 12.9. The van der Waals surface area contributed by atoms with Crippen LogP contribution in [0.3, 0.4) is 0 Å². The standard InChI is InChI=1S/C18H26IO8P/c1-17(2,3)15(20)23-11-25-28(22,26-12-24-16(21)18(4,5)6)27-14-9-7-13(19)8-10-14/h7-10H,11-12H2,1-6H3. The van der Waals surface area contributed by atoms with Gasteiger partial charge in [0.25, 0.3) is 0 Å². The zero-order chi connectivity index (χ0) is 21.6. The number of halogens is 1. The summed E-state index contributed by atoms with van der Waals surface area (Å²) in [7, 11) is -4.23. The number of carbonyl (C=O) groups is 2. The molecule has 0 saturated heterocycles. The van der Waals surface area contributed by atoms with Crippen LogP contribution in [0.2, 0.25) is 0 Å². The predicted molar refractivity (Wildman–Crippen MR) is 110 cm³/mol. The van der Waals surface area contributed by atoms with Crippen molar-refractivity contribution in [2.24, 2.45) is 10.8 Å². The maximum atomic E-state index is 12.9. The van der Waals surface area contributed by atoms with E-state index in [9.17, 15) is 14.2 Å². The number of phosphoric acid groups is 1. The normalized spacial score (nSPS) is 12.4. The average Bonchev–Trinajstić information content (AvgIpc) is 2.55. The number of hydrogen-bond donors (Lipinski definition) is 0. The highest BCUT2D eigenvalue weighted by molar-refractivity contribution is 14.1. The minimum Gasteiger partial charge on any atom is -0.437 e. The van der Waals surface area contributed by atoms with Crippen molar-refractivity contribution in [3.63, 3.8) is 0 Å². The summed E-state index contributed by atoms with van der Waals surface area (Å²) in [5.41, 5.74) is -1.51. The van der Waals surface area contributed by atoms with Crippen molar-refractivity contribution >= 4 is 42.4 Å². The quantitative estimate of drug-likeness (QED) is 0.203. The van der Waals surface area contributed by atoms with Gasteiger partial charge in [-0.1, -0.05) is 0 Å². The number of phosphoric ester groups is 1. The van der Waals surface area contributed by atoms with Crippen LogP contribution in [0.5, 0.6) is 5.75 Å². The van der Waals surface area contributed by atoms with Crippen LogP contribution in [-0.2, 0) is 32.7 Å². The van der Waals surface area contributed by atoms with Crippen molar-refractivity contribution in [1.82, 2.24) is 0 Å². The summed E-state index contributed by atoms with van der Waals surface area (Å²) in [6, 6.07) is 6.62. The third-order valence-electron chi connectivity index (χ3n) is 3.06. The van der Waals surface area contributed by atoms with Crippen molar-refractivity contribution in [2.45, 2.75) is 41.5 Å². The van der Waals surface area contributed by atoms with Gasteiger partial charge in [-0.25, -0.2) is 13.6 Å². The lowest BCUT2D eigenvalue weighted by Crippen LogP contribution is -2.25. The Bertz CT molecular complexity index is 683. The van der Waals surface area contributed by atoms with Crippen LogP contribution < -0.4 is 4.52 Å². The van der Waals surface area contributed by atoms with Gasteiger partial charge in [-0.2, -0.15) is 0 Å². The highest BCUT2D eigenvalue weighted by atomic mass is 127. The van der Waals surface area contributed by atoms with Gasteiger partial charge in [0.2, 0.25) is 13.6 Å². The number of benzene rings is 1. The Morgan fingerprint density at radius 2 is 1.25 bits per heavy atom. The molecule has 0 heterocycles. The molecule has 158 valence electrons. The Labute approximate surface area is 179 Å². The molecule has 0 unspecified atom stereocenters. The minimum absolute atomic E-state index is 0.216. The van der Waals surface area contributed by atoms with Gasteiger partial charge in [0.1, 0.15) is 5.75 Å². The van der Waals surface area contributed by atoms with Gasteiger partial charge in [0.05, 0.1) is 10.8 Å². The first-order valence-electron chi connectivity index (χ1n) is 8.42. The van der Waals surface area contributed by atoms with E-state index < -0.39 is 44.2 Å². The molecule has 1 rings (SSSR count). The summed E-state index contributed by atoms with van der Waals surface area (Å²) < 4.78 is 39.2. The lowest BCUT2D eigenvalue weighted by molar-refractivity contribution is -0.162. The molecular weight excluding hydrogens is 502 g/mol. The molecule has 0 saturated carbocycles. The summed E-state index contributed by atoms with van der Waals surface area (Å²) in [4.78, 5) is 23.6. The van der Waals surface area contributed by atoms with Crippen LogP contribution >= 0.6 is 30.4 Å². The predicted octanol–water partition coefficient (Wildman–Crippen LogP) is 4.90. The molecule has 0 aliphatic carbocycles. The Morgan fingerprint density at radius 3 is 1.61 bits per heavy atom. The highest BCUT2D eigenvalue weighted by Gasteiger charge is 2.32. The van der Waals surface area contributed by atoms with E-state index in [4.69, 9.17) is 23.0 Å². The number of ether oxygens (including phenoxy) is 2. The van der Waals surface area contributed by atoms with E-state index in [1.807, 2.05) is 0 Å². The second-order valence-corrected chi connectivity index (χ2v) is 10.7. The summed E-state index contributed by atoms with van der Waals surface area (Å²) in [5, 5.41) is 0. The Balaban J connectivity index is 2.78. The fourth-order valence-electron chi connectivity index (χ4n) is 1.44. The fourth-order valence-corrected chi connectivity index (χ4v) is 2.72. The summed E-state index contributed by atoms with van der Waals surface area (Å²) >= 11 is 2.11. The molecule has 0 aliphatic rings. The monoisotopic (exact) mass is 528 g/mol. The first-order valence-corrected chi connectivity index (χ1v) is 11.0. The molecule has 1 aromatic rings. The van der Waals surface area contributed by atoms with Gasteiger partial charge < -0.3 is 14.0 Å². The van der Waals surface area contributed by atoms with Gasteiger partial charge in [-0.15, -0.1) is 0 Å². The maximum Gasteiger partial charge on any atom is 0.535 e. The topological polar surface area (TPSA) is 97.4 Å². The third kappa shape index (κ3) is 8.89. The van der Waals surface area contributed by atoms with Crippen molar-refractivity contribution in [3.05, 3.63) is 27.8 Å². The van der Waals surface area contributed by atoms with Crippen LogP contribution in [-0.4, -0.2) is 25.5 Å². The molecule has 8 nitrogen and oxygen atoms in total. The van der Waals surface area contributed by atoms with Gasteiger partial charge in [0, 0.05) is 3.57 Å². The summed E-state index contributed by atoms with van der Waals surface area (Å²) in [6.45, 7) is 8.70. The minimum atomic E-state index is -4.23. The molecule has 0 radical (unpaired) electrons. The third-order valence-corrected chi connectivity index (χ3v) is 5.05. The number of esters is 2. The Kier molecular flexibility index (Phi) is 8.92. The Hall–Kier alpha value is -1.16. The average molecular weight is 528 g/mol. The van der Waals surface area contributed by atoms with Crippen molar-refractivity contribution < 1.29 is 37.2 Å². The largest absolute Gasteiger partial charge is 0.535 e. The second kappa shape index (κ2) is 10.0. The van der Waals surface area contributed by atoms with Gasteiger partial charge in [-0.3, -0.25) is 9.59 Å². The highest BCUT2D eigenvalue weighted by Crippen LogP contribution is 2.49. The van der Waals surface area contributed by atoms with Crippen LogP contribution in [0.4, 0.5) is 0 Å². The summed E-state index contributed by atoms with van der Waals surface area (Å²) in [6.07, 6.45) is 0. The van der Waals surface area contributed by atoms with E-state index in [0.717, 1.165) is 3.57 Å². The molecule has 0 bridgehead atoms. The van der Waals surface area contributed by atoms with Crippen molar-refractivity contribution in [2.75, 3.05) is 13.6 Å². The van der Waals surface area contributed by atoms with Crippen molar-refractivity contribution in [1.29, 1.82) is 0 Å². The van der Waals surface area contributed by atoms with Gasteiger partial charge in [-0.05, 0) is 88.4 Å². The first-order chi connectivity index (χ1) is 12.7. The lowest BCUT2D eigenvalue weighted by Gasteiger charge is -2.21. The van der Waals surface area contributed by atoms with Crippen LogP contribution in [0.1, 0.15) is 41.5 Å². The SMILES string of the molecule is CC(C)(C)C(=O)OCOP(=O)(OCOC(=O)C(C)(C)C)Oc1ccc(I)cc1. The van der Waals surface area contributed by atoms with Gasteiger partial charge >= 0.3 is 19.8 Å². The van der Waals surface area contributed by atoms with E-state index in [1.54, 1.807) is 65.8 Å². The molecule has 28 heavy (non-hydrogen) atoms. The zero-order valence-electron chi connectivity index (χ0n) is 16.8. The molecule has 0 amide bonds. The molecule has 0 spiro atoms. The molecule has 0 aromatic heterocycles. The van der Waals surface area contributed by atoms with Crippen LogP contribution in [0, 0.1) is 14.4 Å². The van der Waals surface area contributed by atoms with Crippen LogP contribution in [0.25, 0.3) is 0 Å². The van der Waals surface area contributed by atoms with Crippen molar-refractivity contribution in [3.8, 4) is 5.75 Å². The zero-order valence-corrected chi connectivity index (χ0v) is 19.9. The number of hydrogen-bond acceptors (Lipinski definition) is 8. The van der Waals surface area contributed by atoms with E-state index in [-0.39, 0.29) is 5.75 Å². The number of carbonyl (C=O) groups excluding carboxylic acids is 2. The molecule has 0 N–H and O–H groups in total. The summed E-state index contributed by atoms with van der Waals surface area (Å²) in [5.74, 6) is -0.881. The first kappa shape index (κ1) is 24.9. The molecule has 1 aromatic carbocycles. The van der Waals surface area contributed by atoms with E-state index in [1.165, 1.54) is 0 Å². The molecule has 0 atom stereocenters. The smallest absolute Gasteiger partial charge is 0.437 e. The number of rotatable bonds is 8.